The minimum absolute atomic E-state index is 0.0115. The SMILES string of the molecule is CNC(=O)[C@H](Cc1ccc(N2CC3CCNC3C2)cc1F)NC(=O)[C@@H]1C2CCC(C2)N1C(=O)OC(C)(C)C. The van der Waals surface area contributed by atoms with Crippen molar-refractivity contribution in [3.63, 3.8) is 0 Å². The number of halogens is 1. The highest BCUT2D eigenvalue weighted by Gasteiger charge is 2.53. The van der Waals surface area contributed by atoms with Crippen LogP contribution in [-0.2, 0) is 20.7 Å². The third kappa shape index (κ3) is 5.32. The number of anilines is 1. The highest BCUT2D eigenvalue weighted by molar-refractivity contribution is 5.92. The maximum Gasteiger partial charge on any atom is 0.411 e. The average molecular weight is 530 g/mol. The predicted octanol–water partition coefficient (Wildman–Crippen LogP) is 2.19. The lowest BCUT2D eigenvalue weighted by Gasteiger charge is -2.36. The van der Waals surface area contributed by atoms with Crippen LogP contribution in [0.15, 0.2) is 18.2 Å². The van der Waals surface area contributed by atoms with Gasteiger partial charge in [0.25, 0.3) is 0 Å². The molecule has 1 aromatic rings. The van der Waals surface area contributed by atoms with E-state index in [-0.39, 0.29) is 18.4 Å². The summed E-state index contributed by atoms with van der Waals surface area (Å²) in [5.74, 6) is -0.594. The Labute approximate surface area is 223 Å². The van der Waals surface area contributed by atoms with Gasteiger partial charge < -0.3 is 25.6 Å². The van der Waals surface area contributed by atoms with Gasteiger partial charge in [-0.3, -0.25) is 14.5 Å². The van der Waals surface area contributed by atoms with E-state index >= 15 is 4.39 Å². The molecule has 0 radical (unpaired) electrons. The minimum atomic E-state index is -0.970. The van der Waals surface area contributed by atoms with Crippen LogP contribution < -0.4 is 20.9 Å². The largest absolute Gasteiger partial charge is 0.444 e. The molecule has 10 heteroatoms. The molecule has 3 N–H and O–H groups in total. The Morgan fingerprint density at radius 3 is 2.63 bits per heavy atom. The van der Waals surface area contributed by atoms with Crippen LogP contribution >= 0.6 is 0 Å². The minimum Gasteiger partial charge on any atom is -0.444 e. The smallest absolute Gasteiger partial charge is 0.411 e. The highest BCUT2D eigenvalue weighted by atomic mass is 19.1. The van der Waals surface area contributed by atoms with Crippen molar-refractivity contribution in [1.29, 1.82) is 0 Å². The van der Waals surface area contributed by atoms with Crippen molar-refractivity contribution in [1.82, 2.24) is 20.9 Å². The molecule has 9 nitrogen and oxygen atoms in total. The van der Waals surface area contributed by atoms with Gasteiger partial charge in [0.05, 0.1) is 0 Å². The predicted molar refractivity (Wildman–Crippen MR) is 141 cm³/mol. The molecule has 1 aromatic carbocycles. The molecule has 1 saturated carbocycles. The molecule has 0 spiro atoms. The van der Waals surface area contributed by atoms with Gasteiger partial charge >= 0.3 is 6.09 Å². The molecule has 5 rings (SSSR count). The first kappa shape index (κ1) is 26.7. The van der Waals surface area contributed by atoms with Gasteiger partial charge in [0, 0.05) is 44.3 Å². The van der Waals surface area contributed by atoms with Gasteiger partial charge in [-0.05, 0) is 82.5 Å². The summed E-state index contributed by atoms with van der Waals surface area (Å²) < 4.78 is 20.8. The van der Waals surface area contributed by atoms with Gasteiger partial charge in [0.2, 0.25) is 11.8 Å². The zero-order valence-electron chi connectivity index (χ0n) is 22.8. The van der Waals surface area contributed by atoms with E-state index in [0.29, 0.717) is 17.5 Å². The molecule has 38 heavy (non-hydrogen) atoms. The van der Waals surface area contributed by atoms with E-state index in [1.165, 1.54) is 13.1 Å². The van der Waals surface area contributed by atoms with Crippen LogP contribution in [0.2, 0.25) is 0 Å². The van der Waals surface area contributed by atoms with Gasteiger partial charge in [-0.25, -0.2) is 9.18 Å². The highest BCUT2D eigenvalue weighted by Crippen LogP contribution is 2.43. The Morgan fingerprint density at radius 1 is 1.16 bits per heavy atom. The van der Waals surface area contributed by atoms with E-state index in [1.807, 2.05) is 6.07 Å². The summed E-state index contributed by atoms with van der Waals surface area (Å²) in [6.45, 7) is 8.19. The number of likely N-dealkylation sites (N-methyl/N-ethyl adjacent to an activating group) is 1. The average Bonchev–Trinajstić information content (AvgIpc) is 3.63. The fourth-order valence-corrected chi connectivity index (χ4v) is 6.72. The number of benzene rings is 1. The molecule has 3 aliphatic heterocycles. The molecular weight excluding hydrogens is 489 g/mol. The van der Waals surface area contributed by atoms with Crippen LogP contribution in [-0.4, -0.2) is 79.3 Å². The van der Waals surface area contributed by atoms with Gasteiger partial charge in [0.15, 0.2) is 0 Å². The van der Waals surface area contributed by atoms with Gasteiger partial charge in [0.1, 0.15) is 23.5 Å². The Balaban J connectivity index is 1.28. The summed E-state index contributed by atoms with van der Waals surface area (Å²) in [5, 5.41) is 8.92. The van der Waals surface area contributed by atoms with Gasteiger partial charge in [-0.2, -0.15) is 0 Å². The number of fused-ring (bicyclic) bond motifs is 3. The van der Waals surface area contributed by atoms with Crippen molar-refractivity contribution in [3.8, 4) is 0 Å². The standard InChI is InChI=1S/C28H40FN5O4/c1-28(2,3)38-27(37)34-20-8-6-17(11-20)24(34)26(36)32-22(25(35)30-4)12-16-5-7-19(13-21(16)29)33-14-18-9-10-31-23(18)15-33/h5,7,13,17-18,20,22-24,31H,6,8-12,14-15H2,1-4H3,(H,30,35)(H,32,36)/t17?,18?,20?,22-,23?,24-/m0/s1. The maximum absolute atomic E-state index is 15.3. The molecule has 3 amide bonds. The third-order valence-corrected chi connectivity index (χ3v) is 8.53. The van der Waals surface area contributed by atoms with E-state index in [1.54, 1.807) is 31.7 Å². The fourth-order valence-electron chi connectivity index (χ4n) is 6.72. The zero-order chi connectivity index (χ0) is 27.2. The van der Waals surface area contributed by atoms with Crippen LogP contribution in [0.1, 0.15) is 52.0 Å². The van der Waals surface area contributed by atoms with Crippen LogP contribution in [0.25, 0.3) is 0 Å². The van der Waals surface area contributed by atoms with Crippen LogP contribution in [0.4, 0.5) is 14.9 Å². The Hall–Kier alpha value is -2.88. The number of hydrogen-bond acceptors (Lipinski definition) is 6. The van der Waals surface area contributed by atoms with E-state index in [4.69, 9.17) is 4.74 Å². The summed E-state index contributed by atoms with van der Waals surface area (Å²) in [5.41, 5.74) is 0.508. The Bertz CT molecular complexity index is 1080. The summed E-state index contributed by atoms with van der Waals surface area (Å²) in [7, 11) is 1.49. The van der Waals surface area contributed by atoms with E-state index in [0.717, 1.165) is 51.0 Å². The first-order chi connectivity index (χ1) is 18.0. The molecule has 4 fully saturated rings. The lowest BCUT2D eigenvalue weighted by Crippen LogP contribution is -2.57. The van der Waals surface area contributed by atoms with Gasteiger partial charge in [-0.15, -0.1) is 0 Å². The Morgan fingerprint density at radius 2 is 1.95 bits per heavy atom. The number of likely N-dealkylation sites (tertiary alicyclic amines) is 1. The normalized spacial score (nSPS) is 28.8. The number of amides is 3. The number of rotatable bonds is 6. The summed E-state index contributed by atoms with van der Waals surface area (Å²) in [6.07, 6.45) is 3.06. The number of nitrogens with one attached hydrogen (secondary N) is 3. The quantitative estimate of drug-likeness (QED) is 0.522. The topological polar surface area (TPSA) is 103 Å². The van der Waals surface area contributed by atoms with Crippen LogP contribution in [0, 0.1) is 17.7 Å². The number of ether oxygens (including phenoxy) is 1. The molecule has 0 aromatic heterocycles. The molecular formula is C28H40FN5O4. The van der Waals surface area contributed by atoms with E-state index < -0.39 is 41.4 Å². The maximum atomic E-state index is 15.3. The lowest BCUT2D eigenvalue weighted by molar-refractivity contribution is -0.132. The monoisotopic (exact) mass is 529 g/mol. The molecule has 3 saturated heterocycles. The summed E-state index contributed by atoms with van der Waals surface area (Å²) in [6, 6.07) is 3.86. The number of hydrogen-bond donors (Lipinski definition) is 3. The van der Waals surface area contributed by atoms with Crippen molar-refractivity contribution in [2.24, 2.45) is 11.8 Å². The van der Waals surface area contributed by atoms with Crippen molar-refractivity contribution >= 4 is 23.6 Å². The molecule has 3 heterocycles. The van der Waals surface area contributed by atoms with Crippen molar-refractivity contribution in [2.45, 2.75) is 82.6 Å². The van der Waals surface area contributed by atoms with E-state index in [2.05, 4.69) is 20.9 Å². The second kappa shape index (κ2) is 10.4. The molecule has 208 valence electrons. The van der Waals surface area contributed by atoms with Crippen LogP contribution in [0.5, 0.6) is 0 Å². The lowest BCUT2D eigenvalue weighted by atomic mass is 9.97. The van der Waals surface area contributed by atoms with E-state index in [9.17, 15) is 14.4 Å². The second-order valence-electron chi connectivity index (χ2n) is 12.2. The first-order valence-electron chi connectivity index (χ1n) is 13.8. The number of piperidine rings is 1. The zero-order valence-corrected chi connectivity index (χ0v) is 22.8. The van der Waals surface area contributed by atoms with Crippen LogP contribution in [0.3, 0.4) is 0 Å². The fraction of sp³-hybridized carbons (Fsp3) is 0.679. The number of nitrogens with zero attached hydrogens (tertiary/aromatic N) is 2. The molecule has 1 aliphatic carbocycles. The Kier molecular flexibility index (Phi) is 7.28. The third-order valence-electron chi connectivity index (χ3n) is 8.53. The molecule has 2 bridgehead atoms. The number of carbonyl (C=O) groups excluding carboxylic acids is 3. The summed E-state index contributed by atoms with van der Waals surface area (Å²) in [4.78, 5) is 43.0. The number of carbonyl (C=O) groups is 3. The molecule has 4 aliphatic rings. The van der Waals surface area contributed by atoms with Crippen molar-refractivity contribution in [3.05, 3.63) is 29.6 Å². The second-order valence-corrected chi connectivity index (χ2v) is 12.2. The van der Waals surface area contributed by atoms with Crippen molar-refractivity contribution in [2.75, 3.05) is 31.6 Å². The molecule has 4 unspecified atom stereocenters. The first-order valence-corrected chi connectivity index (χ1v) is 13.8. The van der Waals surface area contributed by atoms with Crippen molar-refractivity contribution < 1.29 is 23.5 Å². The summed E-state index contributed by atoms with van der Waals surface area (Å²) >= 11 is 0. The van der Waals surface area contributed by atoms with Gasteiger partial charge in [-0.1, -0.05) is 6.07 Å². The molecule has 6 atom stereocenters.